The van der Waals surface area contributed by atoms with Crippen LogP contribution in [0.5, 0.6) is 5.75 Å². The van der Waals surface area contributed by atoms with E-state index in [0.717, 1.165) is 23.2 Å². The molecule has 0 spiro atoms. The predicted octanol–water partition coefficient (Wildman–Crippen LogP) is 5.45. The van der Waals surface area contributed by atoms with Crippen LogP contribution >= 0.6 is 0 Å². The summed E-state index contributed by atoms with van der Waals surface area (Å²) in [5.74, 6) is -0.0224. The van der Waals surface area contributed by atoms with Crippen molar-refractivity contribution < 1.29 is 14.3 Å². The maximum Gasteiger partial charge on any atom is 0.413 e. The van der Waals surface area contributed by atoms with Gasteiger partial charge in [0, 0.05) is 22.9 Å². The standard InChI is InChI=1S/C25H27N3O3/c1-5-17-9-8-16-26-22(17)18-12-14-19(15-13-18)23(29)27-20-10-6-7-11-21(20)31-24(30)28-25(2,3)4/h6-16H,5H2,1-4H3,(H,27,29)(H,28,30). The Kier molecular flexibility index (Phi) is 6.70. The number of amides is 2. The number of para-hydroxylation sites is 2. The smallest absolute Gasteiger partial charge is 0.408 e. The minimum absolute atomic E-state index is 0.273. The fourth-order valence-electron chi connectivity index (χ4n) is 3.05. The van der Waals surface area contributed by atoms with Crippen LogP contribution in [0.1, 0.15) is 43.6 Å². The van der Waals surface area contributed by atoms with Crippen LogP contribution in [0, 0.1) is 0 Å². The highest BCUT2D eigenvalue weighted by atomic mass is 16.6. The van der Waals surface area contributed by atoms with Crippen molar-refractivity contribution in [2.75, 3.05) is 5.32 Å². The highest BCUT2D eigenvalue weighted by molar-refractivity contribution is 6.05. The Bertz CT molecular complexity index is 1070. The number of ether oxygens (including phenoxy) is 1. The van der Waals surface area contributed by atoms with E-state index in [2.05, 4.69) is 28.6 Å². The van der Waals surface area contributed by atoms with Gasteiger partial charge in [-0.3, -0.25) is 9.78 Å². The molecule has 3 aromatic rings. The lowest BCUT2D eigenvalue weighted by Crippen LogP contribution is -2.42. The van der Waals surface area contributed by atoms with E-state index in [0.29, 0.717) is 11.3 Å². The minimum atomic E-state index is -0.583. The number of pyridine rings is 1. The van der Waals surface area contributed by atoms with Crippen molar-refractivity contribution in [3.05, 3.63) is 78.0 Å². The molecule has 0 saturated carbocycles. The maximum absolute atomic E-state index is 12.8. The van der Waals surface area contributed by atoms with Crippen LogP contribution in [0.25, 0.3) is 11.3 Å². The lowest BCUT2D eigenvalue weighted by atomic mass is 10.0. The Morgan fingerprint density at radius 3 is 2.35 bits per heavy atom. The molecular weight excluding hydrogens is 390 g/mol. The van der Waals surface area contributed by atoms with Crippen LogP contribution in [-0.2, 0) is 6.42 Å². The van der Waals surface area contributed by atoms with Gasteiger partial charge in [0.2, 0.25) is 0 Å². The second kappa shape index (κ2) is 9.43. The van der Waals surface area contributed by atoms with Crippen LogP contribution in [0.4, 0.5) is 10.5 Å². The molecule has 0 radical (unpaired) electrons. The molecular formula is C25H27N3O3. The van der Waals surface area contributed by atoms with Crippen LogP contribution < -0.4 is 15.4 Å². The molecule has 0 aliphatic carbocycles. The summed E-state index contributed by atoms with van der Waals surface area (Å²) in [5.41, 5.74) is 3.50. The molecule has 0 fully saturated rings. The zero-order valence-electron chi connectivity index (χ0n) is 18.2. The van der Waals surface area contributed by atoms with E-state index in [1.807, 2.05) is 39.0 Å². The Morgan fingerprint density at radius 1 is 0.968 bits per heavy atom. The zero-order valence-corrected chi connectivity index (χ0v) is 18.2. The molecule has 160 valence electrons. The predicted molar refractivity (Wildman–Crippen MR) is 122 cm³/mol. The van der Waals surface area contributed by atoms with Gasteiger partial charge in [-0.15, -0.1) is 0 Å². The number of hydrogen-bond donors (Lipinski definition) is 2. The van der Waals surface area contributed by atoms with Crippen LogP contribution in [0.2, 0.25) is 0 Å². The third kappa shape index (κ3) is 5.92. The highest BCUT2D eigenvalue weighted by Crippen LogP contribution is 2.26. The van der Waals surface area contributed by atoms with Gasteiger partial charge >= 0.3 is 6.09 Å². The first kappa shape index (κ1) is 22.0. The quantitative estimate of drug-likeness (QED) is 0.578. The average molecular weight is 418 g/mol. The number of nitrogens with zero attached hydrogens (tertiary/aromatic N) is 1. The second-order valence-electron chi connectivity index (χ2n) is 8.16. The molecule has 2 amide bonds. The van der Waals surface area contributed by atoms with E-state index in [9.17, 15) is 9.59 Å². The number of aryl methyl sites for hydroxylation is 1. The number of nitrogens with one attached hydrogen (secondary N) is 2. The lowest BCUT2D eigenvalue weighted by Gasteiger charge is -2.20. The summed E-state index contributed by atoms with van der Waals surface area (Å²) in [5, 5.41) is 5.55. The maximum atomic E-state index is 12.8. The molecule has 6 nitrogen and oxygen atoms in total. The van der Waals surface area contributed by atoms with Crippen LogP contribution in [-0.4, -0.2) is 22.5 Å². The van der Waals surface area contributed by atoms with Crippen molar-refractivity contribution in [3.63, 3.8) is 0 Å². The summed E-state index contributed by atoms with van der Waals surface area (Å²) in [6.45, 7) is 7.67. The first-order chi connectivity index (χ1) is 14.8. The molecule has 3 rings (SSSR count). The number of carbonyl (C=O) groups excluding carboxylic acids is 2. The number of carbonyl (C=O) groups is 2. The number of anilines is 1. The van der Waals surface area contributed by atoms with Gasteiger partial charge in [0.05, 0.1) is 11.4 Å². The van der Waals surface area contributed by atoms with Crippen molar-refractivity contribution in [2.45, 2.75) is 39.7 Å². The van der Waals surface area contributed by atoms with Crippen LogP contribution in [0.3, 0.4) is 0 Å². The largest absolute Gasteiger partial charge is 0.413 e. The normalized spacial score (nSPS) is 11.0. The molecule has 0 aliphatic heterocycles. The molecule has 0 saturated heterocycles. The molecule has 31 heavy (non-hydrogen) atoms. The summed E-state index contributed by atoms with van der Waals surface area (Å²) in [4.78, 5) is 29.3. The fourth-order valence-corrected chi connectivity index (χ4v) is 3.05. The molecule has 6 heteroatoms. The first-order valence-corrected chi connectivity index (χ1v) is 10.2. The van der Waals surface area contributed by atoms with E-state index >= 15 is 0 Å². The fraction of sp³-hybridized carbons (Fsp3) is 0.240. The second-order valence-corrected chi connectivity index (χ2v) is 8.16. The molecule has 2 N–H and O–H groups in total. The minimum Gasteiger partial charge on any atom is -0.408 e. The van der Waals surface area contributed by atoms with Crippen molar-refractivity contribution in [2.24, 2.45) is 0 Å². The SMILES string of the molecule is CCc1cccnc1-c1ccc(C(=O)Nc2ccccc2OC(=O)NC(C)(C)C)cc1. The molecule has 0 atom stereocenters. The number of hydrogen-bond acceptors (Lipinski definition) is 4. The monoisotopic (exact) mass is 417 g/mol. The summed E-state index contributed by atoms with van der Waals surface area (Å²) in [7, 11) is 0. The van der Waals surface area contributed by atoms with Gasteiger partial charge in [0.15, 0.2) is 5.75 Å². The average Bonchev–Trinajstić information content (AvgIpc) is 2.74. The molecule has 1 heterocycles. The van der Waals surface area contributed by atoms with Crippen LogP contribution in [0.15, 0.2) is 66.9 Å². The third-order valence-corrected chi connectivity index (χ3v) is 4.51. The Morgan fingerprint density at radius 2 is 1.68 bits per heavy atom. The summed E-state index contributed by atoms with van der Waals surface area (Å²) in [6, 6.07) is 18.1. The molecule has 2 aromatic carbocycles. The summed E-state index contributed by atoms with van der Waals surface area (Å²) < 4.78 is 5.39. The molecule has 1 aromatic heterocycles. The number of rotatable bonds is 5. The van der Waals surface area contributed by atoms with Crippen molar-refractivity contribution in [1.29, 1.82) is 0 Å². The van der Waals surface area contributed by atoms with Gasteiger partial charge in [0.1, 0.15) is 0 Å². The molecule has 0 aliphatic rings. The van der Waals surface area contributed by atoms with E-state index in [1.165, 1.54) is 0 Å². The van der Waals surface area contributed by atoms with Crippen molar-refractivity contribution >= 4 is 17.7 Å². The van der Waals surface area contributed by atoms with Crippen molar-refractivity contribution in [3.8, 4) is 17.0 Å². The third-order valence-electron chi connectivity index (χ3n) is 4.51. The Balaban J connectivity index is 1.74. The van der Waals surface area contributed by atoms with Gasteiger partial charge in [0.25, 0.3) is 5.91 Å². The number of benzene rings is 2. The zero-order chi connectivity index (χ0) is 22.4. The van der Waals surface area contributed by atoms with E-state index in [-0.39, 0.29) is 11.7 Å². The Labute approximate surface area is 182 Å². The van der Waals surface area contributed by atoms with Crippen molar-refractivity contribution in [1.82, 2.24) is 10.3 Å². The lowest BCUT2D eigenvalue weighted by molar-refractivity contribution is 0.102. The van der Waals surface area contributed by atoms with Gasteiger partial charge in [-0.1, -0.05) is 37.3 Å². The molecule has 0 unspecified atom stereocenters. The first-order valence-electron chi connectivity index (χ1n) is 10.2. The summed E-state index contributed by atoms with van der Waals surface area (Å²) in [6.07, 6.45) is 2.06. The highest BCUT2D eigenvalue weighted by Gasteiger charge is 2.17. The number of aromatic nitrogens is 1. The van der Waals surface area contributed by atoms with Gasteiger partial charge in [-0.25, -0.2) is 4.79 Å². The van der Waals surface area contributed by atoms with E-state index in [4.69, 9.17) is 4.74 Å². The topological polar surface area (TPSA) is 80.3 Å². The summed E-state index contributed by atoms with van der Waals surface area (Å²) >= 11 is 0. The Hall–Kier alpha value is -3.67. The van der Waals surface area contributed by atoms with E-state index < -0.39 is 11.6 Å². The van der Waals surface area contributed by atoms with Gasteiger partial charge < -0.3 is 15.4 Å². The van der Waals surface area contributed by atoms with Gasteiger partial charge in [-0.05, 0) is 63.1 Å². The van der Waals surface area contributed by atoms with Gasteiger partial charge in [-0.2, -0.15) is 0 Å². The molecule has 0 bridgehead atoms. The van der Waals surface area contributed by atoms with E-state index in [1.54, 1.807) is 42.6 Å².